The Bertz CT molecular complexity index is 540. The second-order valence-corrected chi connectivity index (χ2v) is 6.34. The first kappa shape index (κ1) is 14.3. The number of nitrogens with two attached hydrogens (primary N) is 2. The predicted octanol–water partition coefficient (Wildman–Crippen LogP) is 0.214. The summed E-state index contributed by atoms with van der Waals surface area (Å²) >= 11 is 0. The van der Waals surface area contributed by atoms with Crippen LogP contribution < -0.4 is 16.8 Å². The molecule has 0 aliphatic rings. The number of anilines is 2. The van der Waals surface area contributed by atoms with E-state index in [1.165, 1.54) is 6.26 Å². The zero-order chi connectivity index (χ0) is 13.8. The van der Waals surface area contributed by atoms with Gasteiger partial charge in [0.15, 0.2) is 0 Å². The van der Waals surface area contributed by atoms with Crippen LogP contribution in [0.2, 0.25) is 0 Å². The fraction of sp³-hybridized carbons (Fsp3) is 0.364. The van der Waals surface area contributed by atoms with Gasteiger partial charge in [0.2, 0.25) is 0 Å². The molecule has 1 aromatic carbocycles. The molecule has 5 N–H and O–H groups in total. The molecule has 0 atom stereocenters. The number of carbonyl (C=O) groups excluding carboxylic acids is 1. The Morgan fingerprint density at radius 2 is 2.06 bits per heavy atom. The molecular formula is C11H17N3O3S. The summed E-state index contributed by atoms with van der Waals surface area (Å²) in [5.41, 5.74) is 12.0. The Morgan fingerprint density at radius 1 is 1.39 bits per heavy atom. The van der Waals surface area contributed by atoms with Crippen molar-refractivity contribution in [3.8, 4) is 0 Å². The first-order valence-electron chi connectivity index (χ1n) is 5.40. The molecule has 1 amide bonds. The average Bonchev–Trinajstić information content (AvgIpc) is 2.24. The summed E-state index contributed by atoms with van der Waals surface area (Å²) in [5.74, 6) is -0.468. The van der Waals surface area contributed by atoms with E-state index in [4.69, 9.17) is 11.5 Å². The Balaban J connectivity index is 2.58. The third-order valence-corrected chi connectivity index (χ3v) is 3.37. The van der Waals surface area contributed by atoms with Crippen LogP contribution in [0.5, 0.6) is 0 Å². The van der Waals surface area contributed by atoms with E-state index in [0.717, 1.165) is 0 Å². The largest absolute Gasteiger partial charge is 0.398 e. The molecule has 6 nitrogen and oxygen atoms in total. The number of hydrogen-bond acceptors (Lipinski definition) is 5. The number of nitrogens with one attached hydrogen (secondary N) is 1. The fourth-order valence-electron chi connectivity index (χ4n) is 1.45. The maximum atomic E-state index is 11.1. The molecule has 0 aromatic heterocycles. The smallest absolute Gasteiger partial charge is 0.250 e. The SMILES string of the molecule is CS(=O)(=O)CCCNc1ccc(N)c(C(N)=O)c1. The van der Waals surface area contributed by atoms with Crippen LogP contribution in [0.15, 0.2) is 18.2 Å². The lowest BCUT2D eigenvalue weighted by atomic mass is 10.1. The van der Waals surface area contributed by atoms with E-state index >= 15 is 0 Å². The van der Waals surface area contributed by atoms with Gasteiger partial charge in [-0.05, 0) is 24.6 Å². The highest BCUT2D eigenvalue weighted by Crippen LogP contribution is 2.17. The monoisotopic (exact) mass is 271 g/mol. The fourth-order valence-corrected chi connectivity index (χ4v) is 2.12. The van der Waals surface area contributed by atoms with Crippen LogP contribution in [-0.2, 0) is 9.84 Å². The van der Waals surface area contributed by atoms with Gasteiger partial charge in [-0.25, -0.2) is 8.42 Å². The maximum absolute atomic E-state index is 11.1. The molecule has 1 aromatic rings. The Morgan fingerprint density at radius 3 is 2.61 bits per heavy atom. The molecule has 0 saturated carbocycles. The Kier molecular flexibility index (Phi) is 4.55. The summed E-state index contributed by atoms with van der Waals surface area (Å²) in [6, 6.07) is 4.85. The van der Waals surface area contributed by atoms with Gasteiger partial charge >= 0.3 is 0 Å². The summed E-state index contributed by atoms with van der Waals surface area (Å²) in [7, 11) is -2.94. The average molecular weight is 271 g/mol. The van der Waals surface area contributed by atoms with Crippen molar-refractivity contribution < 1.29 is 13.2 Å². The lowest BCUT2D eigenvalue weighted by molar-refractivity contribution is 0.100. The first-order chi connectivity index (χ1) is 8.29. The summed E-state index contributed by atoms with van der Waals surface area (Å²) in [6.07, 6.45) is 1.69. The zero-order valence-corrected chi connectivity index (χ0v) is 11.0. The van der Waals surface area contributed by atoms with Gasteiger partial charge in [-0.3, -0.25) is 4.79 Å². The van der Waals surface area contributed by atoms with E-state index in [1.54, 1.807) is 18.2 Å². The lowest BCUT2D eigenvalue weighted by Crippen LogP contribution is -2.14. The predicted molar refractivity (Wildman–Crippen MR) is 72.2 cm³/mol. The normalized spacial score (nSPS) is 11.2. The molecule has 1 rings (SSSR count). The molecule has 0 saturated heterocycles. The molecule has 0 unspecified atom stereocenters. The second-order valence-electron chi connectivity index (χ2n) is 4.08. The highest BCUT2D eigenvalue weighted by molar-refractivity contribution is 7.90. The molecule has 0 heterocycles. The van der Waals surface area contributed by atoms with Gasteiger partial charge in [-0.1, -0.05) is 0 Å². The molecule has 0 fully saturated rings. The number of sulfone groups is 1. The van der Waals surface area contributed by atoms with Crippen molar-refractivity contribution in [3.63, 3.8) is 0 Å². The van der Waals surface area contributed by atoms with E-state index < -0.39 is 15.7 Å². The van der Waals surface area contributed by atoms with Crippen LogP contribution in [0.1, 0.15) is 16.8 Å². The number of primary amides is 1. The molecule has 0 aliphatic carbocycles. The topological polar surface area (TPSA) is 115 Å². The lowest BCUT2D eigenvalue weighted by Gasteiger charge is -2.08. The Hall–Kier alpha value is -1.76. The third-order valence-electron chi connectivity index (χ3n) is 2.34. The standard InChI is InChI=1S/C11H17N3O3S/c1-18(16,17)6-2-5-14-8-3-4-10(12)9(7-8)11(13)15/h3-4,7,14H,2,5-6,12H2,1H3,(H2,13,15). The van der Waals surface area contributed by atoms with Crippen LogP contribution in [-0.4, -0.2) is 32.9 Å². The quantitative estimate of drug-likeness (QED) is 0.505. The zero-order valence-electron chi connectivity index (χ0n) is 10.1. The number of benzene rings is 1. The van der Waals surface area contributed by atoms with Crippen molar-refractivity contribution >= 4 is 27.1 Å². The minimum absolute atomic E-state index is 0.123. The van der Waals surface area contributed by atoms with Crippen LogP contribution in [0.3, 0.4) is 0 Å². The maximum Gasteiger partial charge on any atom is 0.250 e. The van der Waals surface area contributed by atoms with Gasteiger partial charge < -0.3 is 16.8 Å². The van der Waals surface area contributed by atoms with E-state index in [1.807, 2.05) is 0 Å². The number of carbonyl (C=O) groups is 1. The highest BCUT2D eigenvalue weighted by atomic mass is 32.2. The van der Waals surface area contributed by atoms with Crippen LogP contribution in [0, 0.1) is 0 Å². The summed E-state index contributed by atoms with van der Waals surface area (Å²) in [5, 5.41) is 3.01. The van der Waals surface area contributed by atoms with Gasteiger partial charge in [0.25, 0.3) is 5.91 Å². The molecule has 100 valence electrons. The molecule has 0 radical (unpaired) electrons. The third kappa shape index (κ3) is 4.62. The summed E-state index contributed by atoms with van der Waals surface area (Å²) in [4.78, 5) is 11.1. The number of amides is 1. The van der Waals surface area contributed by atoms with Crippen LogP contribution in [0.25, 0.3) is 0 Å². The van der Waals surface area contributed by atoms with E-state index in [2.05, 4.69) is 5.32 Å². The second kappa shape index (κ2) is 5.72. The van der Waals surface area contributed by atoms with Gasteiger partial charge in [-0.15, -0.1) is 0 Å². The minimum Gasteiger partial charge on any atom is -0.398 e. The Labute approximate surface area is 106 Å². The van der Waals surface area contributed by atoms with Gasteiger partial charge in [0.1, 0.15) is 9.84 Å². The van der Waals surface area contributed by atoms with E-state index in [9.17, 15) is 13.2 Å². The summed E-state index contributed by atoms with van der Waals surface area (Å²) in [6.45, 7) is 0.495. The van der Waals surface area contributed by atoms with Crippen molar-refractivity contribution in [2.75, 3.05) is 29.6 Å². The van der Waals surface area contributed by atoms with Crippen molar-refractivity contribution in [3.05, 3.63) is 23.8 Å². The molecular weight excluding hydrogens is 254 g/mol. The molecule has 7 heteroatoms. The number of nitrogen functional groups attached to an aromatic ring is 1. The van der Waals surface area contributed by atoms with Gasteiger partial charge in [0, 0.05) is 24.2 Å². The number of hydrogen-bond donors (Lipinski definition) is 3. The highest BCUT2D eigenvalue weighted by Gasteiger charge is 2.06. The summed E-state index contributed by atoms with van der Waals surface area (Å²) < 4.78 is 21.9. The molecule has 18 heavy (non-hydrogen) atoms. The van der Waals surface area contributed by atoms with Crippen molar-refractivity contribution in [1.29, 1.82) is 0 Å². The van der Waals surface area contributed by atoms with Gasteiger partial charge in [0.05, 0.1) is 11.3 Å². The van der Waals surface area contributed by atoms with Crippen LogP contribution >= 0.6 is 0 Å². The first-order valence-corrected chi connectivity index (χ1v) is 7.46. The molecule has 0 aliphatic heterocycles. The van der Waals surface area contributed by atoms with Crippen molar-refractivity contribution in [1.82, 2.24) is 0 Å². The van der Waals surface area contributed by atoms with E-state index in [0.29, 0.717) is 24.3 Å². The number of rotatable bonds is 6. The molecule has 0 spiro atoms. The van der Waals surface area contributed by atoms with E-state index in [-0.39, 0.29) is 11.3 Å². The van der Waals surface area contributed by atoms with Crippen molar-refractivity contribution in [2.24, 2.45) is 5.73 Å². The van der Waals surface area contributed by atoms with Crippen LogP contribution in [0.4, 0.5) is 11.4 Å². The molecule has 0 bridgehead atoms. The van der Waals surface area contributed by atoms with Crippen molar-refractivity contribution in [2.45, 2.75) is 6.42 Å². The van der Waals surface area contributed by atoms with Gasteiger partial charge in [-0.2, -0.15) is 0 Å². The minimum atomic E-state index is -2.94.